The van der Waals surface area contributed by atoms with Gasteiger partial charge in [0.2, 0.25) is 0 Å². The van der Waals surface area contributed by atoms with E-state index in [0.29, 0.717) is 0 Å². The highest BCUT2D eigenvalue weighted by molar-refractivity contribution is 6.89. The van der Waals surface area contributed by atoms with Crippen molar-refractivity contribution >= 4 is 25.7 Å². The van der Waals surface area contributed by atoms with E-state index in [1.54, 1.807) is 6.92 Å². The molecule has 19 heavy (non-hydrogen) atoms. The molecule has 0 radical (unpaired) electrons. The first-order valence-electron chi connectivity index (χ1n) is 5.93. The standard InChI is InChI=1S/C10H24O6Si3/c1-7-8-19(6,15-17(2,3)13-9-11)16-18(4,5)14-10-12/h11-12H,9-10H2,1-6H3. The van der Waals surface area contributed by atoms with Crippen LogP contribution in [-0.2, 0) is 17.1 Å². The molecule has 0 aromatic heterocycles. The summed E-state index contributed by atoms with van der Waals surface area (Å²) in [6, 6.07) is 0. The molecule has 6 nitrogen and oxygen atoms in total. The molecule has 0 saturated heterocycles. The zero-order valence-electron chi connectivity index (χ0n) is 12.4. The predicted molar refractivity (Wildman–Crippen MR) is 78.5 cm³/mol. The van der Waals surface area contributed by atoms with Crippen LogP contribution in [0.2, 0.25) is 32.7 Å². The SMILES string of the molecule is CC#C[Si](C)(O[Si](C)(C)OCO)O[Si](C)(C)OCO. The van der Waals surface area contributed by atoms with Gasteiger partial charge in [-0.3, -0.25) is 0 Å². The van der Waals surface area contributed by atoms with Crippen molar-refractivity contribution in [3.8, 4) is 11.5 Å². The lowest BCUT2D eigenvalue weighted by Crippen LogP contribution is -2.55. The van der Waals surface area contributed by atoms with Crippen molar-refractivity contribution < 1.29 is 27.3 Å². The van der Waals surface area contributed by atoms with E-state index in [-0.39, 0.29) is 0 Å². The maximum Gasteiger partial charge on any atom is 0.403 e. The molecule has 2 N–H and O–H groups in total. The number of rotatable bonds is 8. The normalized spacial score (nSPS) is 13.1. The molecule has 9 heteroatoms. The summed E-state index contributed by atoms with van der Waals surface area (Å²) in [4.78, 5) is 0. The highest BCUT2D eigenvalue weighted by Crippen LogP contribution is 2.21. The summed E-state index contributed by atoms with van der Waals surface area (Å²) < 4.78 is 22.4. The smallest absolute Gasteiger partial charge is 0.403 e. The molecule has 0 bridgehead atoms. The third-order valence-electron chi connectivity index (χ3n) is 2.06. The quantitative estimate of drug-likeness (QED) is 0.394. The van der Waals surface area contributed by atoms with Crippen LogP contribution in [0.4, 0.5) is 0 Å². The number of aliphatic hydroxyl groups excluding tert-OH is 2. The lowest BCUT2D eigenvalue weighted by Gasteiger charge is -2.35. The van der Waals surface area contributed by atoms with Crippen LogP contribution in [0.25, 0.3) is 0 Å². The highest BCUT2D eigenvalue weighted by Gasteiger charge is 2.44. The topological polar surface area (TPSA) is 77.4 Å². The van der Waals surface area contributed by atoms with Crippen molar-refractivity contribution in [1.82, 2.24) is 0 Å². The second-order valence-corrected chi connectivity index (χ2v) is 14.8. The van der Waals surface area contributed by atoms with E-state index in [4.69, 9.17) is 27.3 Å². The van der Waals surface area contributed by atoms with Gasteiger partial charge in [0, 0.05) is 0 Å². The average Bonchev–Trinajstić information content (AvgIpc) is 2.13. The largest absolute Gasteiger partial charge is 0.406 e. The summed E-state index contributed by atoms with van der Waals surface area (Å²) in [5.41, 5.74) is 2.98. The van der Waals surface area contributed by atoms with Gasteiger partial charge in [0.25, 0.3) is 0 Å². The monoisotopic (exact) mass is 324 g/mol. The lowest BCUT2D eigenvalue weighted by atomic mass is 10.8. The average molecular weight is 325 g/mol. The van der Waals surface area contributed by atoms with Crippen molar-refractivity contribution in [2.24, 2.45) is 0 Å². The van der Waals surface area contributed by atoms with E-state index in [9.17, 15) is 0 Å². The first-order chi connectivity index (χ1) is 8.60. The maximum absolute atomic E-state index is 8.87. The van der Waals surface area contributed by atoms with Crippen LogP contribution < -0.4 is 0 Å². The van der Waals surface area contributed by atoms with Gasteiger partial charge in [-0.05, 0) is 39.7 Å². The van der Waals surface area contributed by atoms with Crippen molar-refractivity contribution in [2.45, 2.75) is 39.7 Å². The molecule has 0 spiro atoms. The van der Waals surface area contributed by atoms with E-state index < -0.39 is 39.3 Å². The van der Waals surface area contributed by atoms with Crippen LogP contribution in [0.3, 0.4) is 0 Å². The van der Waals surface area contributed by atoms with Crippen molar-refractivity contribution in [2.75, 3.05) is 13.6 Å². The summed E-state index contributed by atoms with van der Waals surface area (Å²) in [6.07, 6.45) is 0. The summed E-state index contributed by atoms with van der Waals surface area (Å²) in [7, 11) is -7.83. The molecule has 0 aromatic rings. The first kappa shape index (κ1) is 19.0. The summed E-state index contributed by atoms with van der Waals surface area (Å²) >= 11 is 0. The van der Waals surface area contributed by atoms with Gasteiger partial charge < -0.3 is 27.3 Å². The molecule has 0 fully saturated rings. The predicted octanol–water partition coefficient (Wildman–Crippen LogP) is 0.990. The Morgan fingerprint density at radius 2 is 1.21 bits per heavy atom. The fourth-order valence-electron chi connectivity index (χ4n) is 1.61. The van der Waals surface area contributed by atoms with Crippen LogP contribution in [0.1, 0.15) is 6.92 Å². The third-order valence-corrected chi connectivity index (χ3v) is 11.5. The lowest BCUT2D eigenvalue weighted by molar-refractivity contribution is 0.0634. The van der Waals surface area contributed by atoms with Gasteiger partial charge in [0.05, 0.1) is 0 Å². The second kappa shape index (κ2) is 7.67. The molecule has 0 saturated carbocycles. The van der Waals surface area contributed by atoms with E-state index in [1.165, 1.54) is 0 Å². The molecule has 0 aromatic carbocycles. The minimum atomic E-state index is -2.80. The van der Waals surface area contributed by atoms with Gasteiger partial charge in [-0.15, -0.1) is 5.92 Å². The Labute approximate surface area is 118 Å². The number of hydrogen-bond donors (Lipinski definition) is 2. The van der Waals surface area contributed by atoms with Crippen molar-refractivity contribution in [3.05, 3.63) is 0 Å². The molecule has 0 atom stereocenters. The van der Waals surface area contributed by atoms with E-state index in [2.05, 4.69) is 11.5 Å². The van der Waals surface area contributed by atoms with Crippen LogP contribution in [0.5, 0.6) is 0 Å². The van der Waals surface area contributed by atoms with Crippen LogP contribution in [-0.4, -0.2) is 49.5 Å². The highest BCUT2D eigenvalue weighted by atomic mass is 28.5. The Morgan fingerprint density at radius 1 is 0.842 bits per heavy atom. The van der Waals surface area contributed by atoms with Crippen LogP contribution >= 0.6 is 0 Å². The maximum atomic E-state index is 8.87. The zero-order chi connectivity index (χ0) is 15.2. The summed E-state index contributed by atoms with van der Waals surface area (Å²) in [5, 5.41) is 17.7. The van der Waals surface area contributed by atoms with Crippen molar-refractivity contribution in [3.63, 3.8) is 0 Å². The van der Waals surface area contributed by atoms with E-state index in [1.807, 2.05) is 32.7 Å². The van der Waals surface area contributed by atoms with E-state index >= 15 is 0 Å². The fourth-order valence-corrected chi connectivity index (χ4v) is 11.6. The Morgan fingerprint density at radius 3 is 1.47 bits per heavy atom. The second-order valence-electron chi connectivity index (χ2n) is 4.87. The molecule has 0 aliphatic carbocycles. The van der Waals surface area contributed by atoms with Crippen LogP contribution in [0, 0.1) is 11.5 Å². The van der Waals surface area contributed by atoms with Crippen molar-refractivity contribution in [1.29, 1.82) is 0 Å². The summed E-state index contributed by atoms with van der Waals surface area (Å²) in [5.74, 6) is 2.81. The number of hydrogen-bond acceptors (Lipinski definition) is 6. The molecular weight excluding hydrogens is 300 g/mol. The molecule has 0 unspecified atom stereocenters. The van der Waals surface area contributed by atoms with Gasteiger partial charge >= 0.3 is 25.7 Å². The Balaban J connectivity index is 4.99. The van der Waals surface area contributed by atoms with Gasteiger partial charge in [0.15, 0.2) is 0 Å². The molecule has 0 aliphatic heterocycles. The number of aliphatic hydroxyl groups is 2. The molecule has 0 heterocycles. The zero-order valence-corrected chi connectivity index (χ0v) is 15.4. The molecule has 112 valence electrons. The Hall–Kier alpha value is -0.0294. The van der Waals surface area contributed by atoms with E-state index in [0.717, 1.165) is 0 Å². The van der Waals surface area contributed by atoms with Gasteiger partial charge in [-0.1, -0.05) is 5.54 Å². The van der Waals surface area contributed by atoms with Crippen LogP contribution in [0.15, 0.2) is 0 Å². The van der Waals surface area contributed by atoms with Gasteiger partial charge in [-0.2, -0.15) is 0 Å². The Kier molecular flexibility index (Phi) is 7.66. The minimum absolute atomic E-state index is 0.392. The fraction of sp³-hybridized carbons (Fsp3) is 0.800. The molecule has 0 aliphatic rings. The molecule has 0 amide bonds. The minimum Gasteiger partial charge on any atom is -0.406 e. The Bertz CT molecular complexity index is 316. The molecule has 0 rings (SSSR count). The molecular formula is C10H24O6Si3. The third kappa shape index (κ3) is 7.98. The van der Waals surface area contributed by atoms with Gasteiger partial charge in [-0.25, -0.2) is 0 Å². The van der Waals surface area contributed by atoms with Gasteiger partial charge in [0.1, 0.15) is 13.6 Å². The first-order valence-corrected chi connectivity index (χ1v) is 13.9. The summed E-state index contributed by atoms with van der Waals surface area (Å²) in [6.45, 7) is 10.0.